The topological polar surface area (TPSA) is 35.2 Å². The highest BCUT2D eigenvalue weighted by Crippen LogP contribution is 2.29. The van der Waals surface area contributed by atoms with E-state index in [0.29, 0.717) is 6.07 Å². The molecule has 0 spiro atoms. The van der Waals surface area contributed by atoms with Gasteiger partial charge in [0.25, 0.3) is 0 Å². The van der Waals surface area contributed by atoms with Crippen LogP contribution < -0.4 is 10.5 Å². The number of benzene rings is 2. The summed E-state index contributed by atoms with van der Waals surface area (Å²) in [6.45, 7) is 0. The minimum absolute atomic E-state index is 0. The normalized spacial score (nSPS) is 12.5. The van der Waals surface area contributed by atoms with Gasteiger partial charge in [-0.05, 0) is 29.8 Å². The molecule has 23 heavy (non-hydrogen) atoms. The zero-order valence-corrected chi connectivity index (χ0v) is 12.0. The van der Waals surface area contributed by atoms with Crippen LogP contribution in [0.3, 0.4) is 0 Å². The van der Waals surface area contributed by atoms with Crippen LogP contribution >= 0.6 is 12.4 Å². The van der Waals surface area contributed by atoms with E-state index in [4.69, 9.17) is 5.73 Å². The van der Waals surface area contributed by atoms with Crippen molar-refractivity contribution in [2.75, 3.05) is 0 Å². The van der Waals surface area contributed by atoms with Crippen molar-refractivity contribution in [1.29, 1.82) is 0 Å². The minimum Gasteiger partial charge on any atom is -0.406 e. The Labute approximate surface area is 133 Å². The van der Waals surface area contributed by atoms with Crippen molar-refractivity contribution in [3.8, 4) is 5.75 Å². The van der Waals surface area contributed by atoms with Crippen LogP contribution in [0.15, 0.2) is 36.4 Å². The minimum atomic E-state index is -4.86. The predicted molar refractivity (Wildman–Crippen MR) is 72.7 cm³/mol. The van der Waals surface area contributed by atoms with Crippen LogP contribution in [0.25, 0.3) is 0 Å². The van der Waals surface area contributed by atoms with Crippen molar-refractivity contribution in [2.45, 2.75) is 12.4 Å². The molecule has 0 amide bonds. The molecule has 0 radical (unpaired) electrons. The van der Waals surface area contributed by atoms with Crippen molar-refractivity contribution in [3.63, 3.8) is 0 Å². The van der Waals surface area contributed by atoms with Gasteiger partial charge in [0.05, 0.1) is 6.04 Å². The second-order valence-corrected chi connectivity index (χ2v) is 4.35. The molecule has 0 aliphatic rings. The number of halogens is 7. The summed E-state index contributed by atoms with van der Waals surface area (Å²) in [7, 11) is 0. The lowest BCUT2D eigenvalue weighted by molar-refractivity contribution is -0.274. The van der Waals surface area contributed by atoms with Gasteiger partial charge in [-0.2, -0.15) is 0 Å². The fraction of sp³-hybridized carbons (Fsp3) is 0.143. The third kappa shape index (κ3) is 4.52. The number of hydrogen-bond acceptors (Lipinski definition) is 2. The molecule has 0 saturated carbocycles. The molecule has 2 nitrogen and oxygen atoms in total. The van der Waals surface area contributed by atoms with Gasteiger partial charge in [-0.25, -0.2) is 13.2 Å². The Kier molecular flexibility index (Phi) is 5.90. The summed E-state index contributed by atoms with van der Waals surface area (Å²) in [5, 5.41) is 0. The van der Waals surface area contributed by atoms with E-state index in [1.54, 1.807) is 0 Å². The van der Waals surface area contributed by atoms with Crippen molar-refractivity contribution >= 4 is 12.4 Å². The molecule has 0 heterocycles. The zero-order valence-electron chi connectivity index (χ0n) is 11.2. The highest BCUT2D eigenvalue weighted by atomic mass is 35.5. The molecule has 2 N–H and O–H groups in total. The van der Waals surface area contributed by atoms with Gasteiger partial charge in [0.15, 0.2) is 11.6 Å². The predicted octanol–water partition coefficient (Wildman–Crippen LogP) is 4.47. The Morgan fingerprint density at radius 2 is 1.39 bits per heavy atom. The van der Waals surface area contributed by atoms with Gasteiger partial charge >= 0.3 is 6.36 Å². The summed E-state index contributed by atoms with van der Waals surface area (Å²) in [5.74, 6) is -4.28. The van der Waals surface area contributed by atoms with E-state index in [0.717, 1.165) is 30.3 Å². The van der Waals surface area contributed by atoms with Gasteiger partial charge in [0.2, 0.25) is 0 Å². The summed E-state index contributed by atoms with van der Waals surface area (Å²) in [6.07, 6.45) is -4.86. The number of nitrogens with two attached hydrogens (primary N) is 1. The first-order valence-electron chi connectivity index (χ1n) is 5.93. The molecule has 0 aromatic heterocycles. The average Bonchev–Trinajstić information content (AvgIpc) is 2.42. The fourth-order valence-electron chi connectivity index (χ4n) is 1.87. The Bertz CT molecular complexity index is 674. The molecule has 0 aliphatic carbocycles. The molecule has 126 valence electrons. The van der Waals surface area contributed by atoms with E-state index in [1.165, 1.54) is 0 Å². The summed E-state index contributed by atoms with van der Waals surface area (Å²) < 4.78 is 80.1. The highest BCUT2D eigenvalue weighted by Gasteiger charge is 2.31. The highest BCUT2D eigenvalue weighted by molar-refractivity contribution is 5.85. The maximum atomic E-state index is 13.6. The molecule has 1 atom stereocenters. The molecule has 9 heteroatoms. The zero-order chi connectivity index (χ0) is 16.5. The van der Waals surface area contributed by atoms with Crippen molar-refractivity contribution in [3.05, 3.63) is 65.0 Å². The van der Waals surface area contributed by atoms with Crippen molar-refractivity contribution in [2.24, 2.45) is 5.73 Å². The molecule has 0 aliphatic heterocycles. The van der Waals surface area contributed by atoms with E-state index in [2.05, 4.69) is 4.74 Å². The SMILES string of the molecule is Cl.N[C@@H](c1ccc(OC(F)(F)F)cc1)c1c(F)ccc(F)c1F. The van der Waals surface area contributed by atoms with Crippen LogP contribution in [0.5, 0.6) is 5.75 Å². The third-order valence-electron chi connectivity index (χ3n) is 2.86. The van der Waals surface area contributed by atoms with Crippen LogP contribution in [-0.2, 0) is 0 Å². The first-order valence-corrected chi connectivity index (χ1v) is 5.93. The maximum absolute atomic E-state index is 13.6. The molecule has 0 saturated heterocycles. The van der Waals surface area contributed by atoms with Crippen LogP contribution in [-0.4, -0.2) is 6.36 Å². The van der Waals surface area contributed by atoms with Gasteiger partial charge < -0.3 is 10.5 Å². The number of rotatable bonds is 3. The molecular weight excluding hydrogens is 348 g/mol. The number of alkyl halides is 3. The quantitative estimate of drug-likeness (QED) is 0.649. The first kappa shape index (κ1) is 19.1. The van der Waals surface area contributed by atoms with E-state index in [1.807, 2.05) is 0 Å². The Morgan fingerprint density at radius 1 is 0.870 bits per heavy atom. The van der Waals surface area contributed by atoms with Crippen LogP contribution in [0, 0.1) is 17.5 Å². The smallest absolute Gasteiger partial charge is 0.406 e. The Morgan fingerprint density at radius 3 is 1.91 bits per heavy atom. The molecule has 0 fully saturated rings. The standard InChI is InChI=1S/C14H9F6NO.ClH/c15-9-5-6-10(16)12(17)11(9)13(21)7-1-3-8(4-2-7)22-14(18,19)20;/h1-6,13H,21H2;1H/t13-;/m0./s1. The lowest BCUT2D eigenvalue weighted by Crippen LogP contribution is -2.18. The van der Waals surface area contributed by atoms with Crippen LogP contribution in [0.4, 0.5) is 26.3 Å². The maximum Gasteiger partial charge on any atom is 0.573 e. The second kappa shape index (κ2) is 7.10. The van der Waals surface area contributed by atoms with Gasteiger partial charge in [-0.15, -0.1) is 25.6 Å². The fourth-order valence-corrected chi connectivity index (χ4v) is 1.87. The number of hydrogen-bond donors (Lipinski definition) is 1. The van der Waals surface area contributed by atoms with Crippen molar-refractivity contribution < 1.29 is 31.1 Å². The van der Waals surface area contributed by atoms with E-state index in [9.17, 15) is 26.3 Å². The summed E-state index contributed by atoms with van der Waals surface area (Å²) in [6, 6.07) is 4.05. The van der Waals surface area contributed by atoms with E-state index < -0.39 is 41.2 Å². The molecule has 2 aromatic rings. The number of ether oxygens (including phenoxy) is 1. The molecule has 2 rings (SSSR count). The lowest BCUT2D eigenvalue weighted by Gasteiger charge is -2.15. The lowest BCUT2D eigenvalue weighted by atomic mass is 9.98. The van der Waals surface area contributed by atoms with Crippen LogP contribution in [0.2, 0.25) is 0 Å². The monoisotopic (exact) mass is 357 g/mol. The molecule has 0 bridgehead atoms. The van der Waals surface area contributed by atoms with E-state index in [-0.39, 0.29) is 18.0 Å². The first-order chi connectivity index (χ1) is 10.2. The molecule has 0 unspecified atom stereocenters. The molecular formula is C14H10ClF6NO. The second-order valence-electron chi connectivity index (χ2n) is 4.35. The van der Waals surface area contributed by atoms with Crippen molar-refractivity contribution in [1.82, 2.24) is 0 Å². The van der Waals surface area contributed by atoms with Gasteiger partial charge in [0.1, 0.15) is 11.6 Å². The van der Waals surface area contributed by atoms with Crippen LogP contribution in [0.1, 0.15) is 17.2 Å². The van der Waals surface area contributed by atoms with Gasteiger partial charge in [-0.3, -0.25) is 0 Å². The average molecular weight is 358 g/mol. The van der Waals surface area contributed by atoms with E-state index >= 15 is 0 Å². The Balaban J connectivity index is 0.00000264. The molecule has 2 aromatic carbocycles. The van der Waals surface area contributed by atoms with Gasteiger partial charge in [-0.1, -0.05) is 12.1 Å². The summed E-state index contributed by atoms with van der Waals surface area (Å²) in [4.78, 5) is 0. The summed E-state index contributed by atoms with van der Waals surface area (Å²) in [5.41, 5.74) is 5.05. The largest absolute Gasteiger partial charge is 0.573 e. The summed E-state index contributed by atoms with van der Waals surface area (Å²) >= 11 is 0. The Hall–Kier alpha value is -1.93. The third-order valence-corrected chi connectivity index (χ3v) is 2.86. The van der Waals surface area contributed by atoms with Gasteiger partial charge in [0, 0.05) is 5.56 Å².